The summed E-state index contributed by atoms with van der Waals surface area (Å²) in [5.74, 6) is -0.211. The highest BCUT2D eigenvalue weighted by Crippen LogP contribution is 2.26. The fourth-order valence-corrected chi connectivity index (χ4v) is 5.62. The summed E-state index contributed by atoms with van der Waals surface area (Å²) in [5, 5.41) is 0. The molecule has 0 spiro atoms. The number of likely N-dealkylation sites (N-methyl/N-ethyl adjacent to an activating group) is 1. The van der Waals surface area contributed by atoms with Crippen LogP contribution in [0.4, 0.5) is 4.39 Å². The van der Waals surface area contributed by atoms with E-state index in [4.69, 9.17) is 9.47 Å². The molecule has 1 amide bonds. The van der Waals surface area contributed by atoms with Crippen molar-refractivity contribution >= 4 is 15.9 Å². The van der Waals surface area contributed by atoms with E-state index < -0.39 is 21.9 Å². The lowest BCUT2D eigenvalue weighted by molar-refractivity contribution is -0.00544. The standard InChI is InChI=1S/C28H39FN2O5S/c1-20(2)31-18-21(3)27(19-30(5)37(33,34)24-15-13-23(29)14-16-24)35-17-9-8-10-22(4)36-26-12-7-6-11-25(26)28(31)32/h6-7,11-16,20-22,27H,8-10,17-19H2,1-5H3/t21-,22+,27+/m1/s1. The van der Waals surface area contributed by atoms with Crippen LogP contribution >= 0.6 is 0 Å². The summed E-state index contributed by atoms with van der Waals surface area (Å²) >= 11 is 0. The van der Waals surface area contributed by atoms with Crippen molar-refractivity contribution in [2.75, 3.05) is 26.7 Å². The van der Waals surface area contributed by atoms with Crippen LogP contribution in [-0.4, -0.2) is 68.5 Å². The topological polar surface area (TPSA) is 76.2 Å². The van der Waals surface area contributed by atoms with Crippen molar-refractivity contribution in [2.45, 2.75) is 70.1 Å². The molecule has 0 bridgehead atoms. The highest BCUT2D eigenvalue weighted by Gasteiger charge is 2.31. The number of hydrogen-bond acceptors (Lipinski definition) is 5. The van der Waals surface area contributed by atoms with Crippen LogP contribution in [0.1, 0.15) is 57.3 Å². The molecule has 1 heterocycles. The average Bonchev–Trinajstić information content (AvgIpc) is 2.85. The van der Waals surface area contributed by atoms with Crippen LogP contribution in [0.2, 0.25) is 0 Å². The number of amides is 1. The van der Waals surface area contributed by atoms with E-state index >= 15 is 0 Å². The van der Waals surface area contributed by atoms with E-state index in [0.29, 0.717) is 24.5 Å². The summed E-state index contributed by atoms with van der Waals surface area (Å²) in [6.07, 6.45) is 1.98. The number of ether oxygens (including phenoxy) is 2. The number of rotatable bonds is 5. The summed E-state index contributed by atoms with van der Waals surface area (Å²) in [5.41, 5.74) is 0.515. The molecule has 3 atom stereocenters. The van der Waals surface area contributed by atoms with Gasteiger partial charge in [0, 0.05) is 38.7 Å². The maximum Gasteiger partial charge on any atom is 0.257 e. The second-order valence-corrected chi connectivity index (χ2v) is 12.1. The quantitative estimate of drug-likeness (QED) is 0.542. The molecule has 0 saturated carbocycles. The van der Waals surface area contributed by atoms with Gasteiger partial charge in [-0.05, 0) is 76.4 Å². The highest BCUT2D eigenvalue weighted by atomic mass is 32.2. The van der Waals surface area contributed by atoms with Crippen LogP contribution < -0.4 is 4.74 Å². The van der Waals surface area contributed by atoms with Gasteiger partial charge in [0.15, 0.2) is 0 Å². The summed E-state index contributed by atoms with van der Waals surface area (Å²) in [6, 6.07) is 12.0. The predicted molar refractivity (Wildman–Crippen MR) is 142 cm³/mol. The summed E-state index contributed by atoms with van der Waals surface area (Å²) in [6.45, 7) is 8.85. The number of benzene rings is 2. The Hall–Kier alpha value is -2.49. The Morgan fingerprint density at radius 1 is 1.08 bits per heavy atom. The molecule has 204 valence electrons. The van der Waals surface area contributed by atoms with Crippen LogP contribution in [0.5, 0.6) is 5.75 Å². The van der Waals surface area contributed by atoms with Crippen molar-refractivity contribution in [3.8, 4) is 5.75 Å². The number of nitrogens with zero attached hydrogens (tertiary/aromatic N) is 2. The van der Waals surface area contributed by atoms with E-state index in [1.54, 1.807) is 11.0 Å². The third-order valence-electron chi connectivity index (χ3n) is 6.74. The van der Waals surface area contributed by atoms with E-state index in [0.717, 1.165) is 31.4 Å². The molecule has 0 aliphatic carbocycles. The Balaban J connectivity index is 1.87. The second kappa shape index (κ2) is 12.8. The van der Waals surface area contributed by atoms with Crippen molar-refractivity contribution in [3.63, 3.8) is 0 Å². The number of sulfonamides is 1. The van der Waals surface area contributed by atoms with Gasteiger partial charge in [0.2, 0.25) is 10.0 Å². The van der Waals surface area contributed by atoms with Crippen LogP contribution in [0.15, 0.2) is 53.4 Å². The lowest BCUT2D eigenvalue weighted by atomic mass is 10.0. The van der Waals surface area contributed by atoms with E-state index in [1.807, 2.05) is 45.9 Å². The van der Waals surface area contributed by atoms with E-state index in [-0.39, 0.29) is 35.4 Å². The van der Waals surface area contributed by atoms with Crippen LogP contribution in [0.25, 0.3) is 0 Å². The van der Waals surface area contributed by atoms with Gasteiger partial charge in [-0.3, -0.25) is 4.79 Å². The lowest BCUT2D eigenvalue weighted by Gasteiger charge is -2.35. The first-order valence-electron chi connectivity index (χ1n) is 12.9. The van der Waals surface area contributed by atoms with Gasteiger partial charge in [0.05, 0.1) is 22.7 Å². The zero-order chi connectivity index (χ0) is 27.2. The molecule has 0 N–H and O–H groups in total. The maximum atomic E-state index is 13.7. The molecular weight excluding hydrogens is 495 g/mol. The Labute approximate surface area is 220 Å². The average molecular weight is 535 g/mol. The number of halogens is 1. The smallest absolute Gasteiger partial charge is 0.257 e. The SMILES string of the molecule is CC(C)N1C[C@@H](C)[C@H](CN(C)S(=O)(=O)c2ccc(F)cc2)OCCCC[C@H](C)Oc2ccccc2C1=O. The minimum Gasteiger partial charge on any atom is -0.490 e. The Morgan fingerprint density at radius 3 is 2.43 bits per heavy atom. The summed E-state index contributed by atoms with van der Waals surface area (Å²) < 4.78 is 53.3. The van der Waals surface area contributed by atoms with E-state index in [9.17, 15) is 17.6 Å². The van der Waals surface area contributed by atoms with Crippen molar-refractivity contribution < 1.29 is 27.1 Å². The molecule has 0 aromatic heterocycles. The van der Waals surface area contributed by atoms with Gasteiger partial charge < -0.3 is 14.4 Å². The largest absolute Gasteiger partial charge is 0.490 e. The van der Waals surface area contributed by atoms with Crippen molar-refractivity contribution in [1.29, 1.82) is 0 Å². The van der Waals surface area contributed by atoms with Crippen molar-refractivity contribution in [2.24, 2.45) is 5.92 Å². The summed E-state index contributed by atoms with van der Waals surface area (Å²) in [4.78, 5) is 15.5. The Kier molecular flexibility index (Phi) is 10.1. The number of para-hydroxylation sites is 1. The molecule has 37 heavy (non-hydrogen) atoms. The Morgan fingerprint density at radius 2 is 1.76 bits per heavy atom. The van der Waals surface area contributed by atoms with Crippen molar-refractivity contribution in [1.82, 2.24) is 9.21 Å². The molecular formula is C28H39FN2O5S. The first-order valence-corrected chi connectivity index (χ1v) is 14.3. The molecule has 3 rings (SSSR count). The van der Waals surface area contributed by atoms with Crippen LogP contribution in [0.3, 0.4) is 0 Å². The van der Waals surface area contributed by atoms with Gasteiger partial charge in [-0.1, -0.05) is 19.1 Å². The summed E-state index contributed by atoms with van der Waals surface area (Å²) in [7, 11) is -2.34. The van der Waals surface area contributed by atoms with Gasteiger partial charge in [-0.25, -0.2) is 12.8 Å². The van der Waals surface area contributed by atoms with Crippen LogP contribution in [0, 0.1) is 11.7 Å². The zero-order valence-corrected chi connectivity index (χ0v) is 23.2. The van der Waals surface area contributed by atoms with Crippen LogP contribution in [-0.2, 0) is 14.8 Å². The fraction of sp³-hybridized carbons (Fsp3) is 0.536. The third kappa shape index (κ3) is 7.52. The predicted octanol–water partition coefficient (Wildman–Crippen LogP) is 4.97. The molecule has 0 saturated heterocycles. The van der Waals surface area contributed by atoms with E-state index in [2.05, 4.69) is 0 Å². The Bertz CT molecular complexity index is 1140. The van der Waals surface area contributed by atoms with Gasteiger partial charge in [-0.15, -0.1) is 0 Å². The van der Waals surface area contributed by atoms with Gasteiger partial charge in [-0.2, -0.15) is 4.31 Å². The first kappa shape index (κ1) is 29.1. The van der Waals surface area contributed by atoms with E-state index in [1.165, 1.54) is 23.5 Å². The molecule has 1 aliphatic heterocycles. The molecule has 0 fully saturated rings. The monoisotopic (exact) mass is 534 g/mol. The van der Waals surface area contributed by atoms with Gasteiger partial charge in [0.1, 0.15) is 11.6 Å². The maximum absolute atomic E-state index is 13.7. The third-order valence-corrected chi connectivity index (χ3v) is 8.58. The normalized spacial score (nSPS) is 22.4. The fourth-order valence-electron chi connectivity index (χ4n) is 4.44. The molecule has 2 aromatic rings. The molecule has 7 nitrogen and oxygen atoms in total. The zero-order valence-electron chi connectivity index (χ0n) is 22.4. The molecule has 0 radical (unpaired) electrons. The lowest BCUT2D eigenvalue weighted by Crippen LogP contribution is -2.46. The number of hydrogen-bond donors (Lipinski definition) is 0. The number of carbonyl (C=O) groups excluding carboxylic acids is 1. The molecule has 0 unspecified atom stereocenters. The van der Waals surface area contributed by atoms with Gasteiger partial charge in [0.25, 0.3) is 5.91 Å². The first-order chi connectivity index (χ1) is 17.5. The van der Waals surface area contributed by atoms with Crippen molar-refractivity contribution in [3.05, 3.63) is 59.9 Å². The van der Waals surface area contributed by atoms with Gasteiger partial charge >= 0.3 is 0 Å². The minimum atomic E-state index is -3.84. The molecule has 2 aromatic carbocycles. The molecule has 9 heteroatoms. The minimum absolute atomic E-state index is 0.0227. The highest BCUT2D eigenvalue weighted by molar-refractivity contribution is 7.89. The molecule has 1 aliphatic rings. The second-order valence-electron chi connectivity index (χ2n) is 10.1. The number of carbonyl (C=O) groups is 1. The number of fused-ring (bicyclic) bond motifs is 1.